The number of carbonyl (C=O) groups excluding carboxylic acids is 1. The van der Waals surface area contributed by atoms with Crippen LogP contribution in [0.1, 0.15) is 30.5 Å². The van der Waals surface area contributed by atoms with Crippen molar-refractivity contribution >= 4 is 44.8 Å². The number of aliphatic hydroxyl groups is 2. The molecule has 1 saturated heterocycles. The first-order valence-corrected chi connectivity index (χ1v) is 13.7. The maximum atomic E-state index is 13.2. The highest BCUT2D eigenvalue weighted by molar-refractivity contribution is 7.92. The van der Waals surface area contributed by atoms with Gasteiger partial charge in [0.15, 0.2) is 0 Å². The van der Waals surface area contributed by atoms with Crippen molar-refractivity contribution in [2.45, 2.75) is 38.0 Å². The fraction of sp³-hybridized carbons (Fsp3) is 0.458. The van der Waals surface area contributed by atoms with Crippen LogP contribution in [0, 0.1) is 0 Å². The van der Waals surface area contributed by atoms with Gasteiger partial charge in [0.2, 0.25) is 15.9 Å². The van der Waals surface area contributed by atoms with Crippen LogP contribution in [0.4, 0.5) is 5.69 Å². The number of hydrogen-bond donors (Lipinski definition) is 3. The molecule has 1 aliphatic heterocycles. The number of β-amino-alcohol motifs (C(OH)–C–C–N with tert-alkyl or cyclic N) is 1. The summed E-state index contributed by atoms with van der Waals surface area (Å²) in [5, 5.41) is 20.2. The van der Waals surface area contributed by atoms with Crippen LogP contribution in [0.25, 0.3) is 0 Å². The molecule has 2 aromatic carbocycles. The Balaban J connectivity index is 1.85. The van der Waals surface area contributed by atoms with Gasteiger partial charge >= 0.3 is 0 Å². The van der Waals surface area contributed by atoms with E-state index in [9.17, 15) is 23.4 Å². The third-order valence-corrected chi connectivity index (χ3v) is 8.09. The number of likely N-dealkylation sites (tertiary alicyclic amines) is 1. The number of rotatable bonds is 10. The van der Waals surface area contributed by atoms with E-state index in [1.807, 2.05) is 6.07 Å². The number of likely N-dealkylation sites (N-methyl/N-ethyl adjacent to an activating group) is 1. The number of sulfonamides is 1. The number of carbonyl (C=O) groups is 1. The number of anilines is 1. The van der Waals surface area contributed by atoms with Gasteiger partial charge in [-0.1, -0.05) is 41.4 Å². The Morgan fingerprint density at radius 1 is 1.23 bits per heavy atom. The van der Waals surface area contributed by atoms with E-state index < -0.39 is 34.0 Å². The van der Waals surface area contributed by atoms with Gasteiger partial charge in [-0.25, -0.2) is 8.42 Å². The van der Waals surface area contributed by atoms with Crippen LogP contribution in [0.3, 0.4) is 0 Å². The third kappa shape index (κ3) is 8.06. The second-order valence-electron chi connectivity index (χ2n) is 9.01. The van der Waals surface area contributed by atoms with E-state index in [1.54, 1.807) is 48.3 Å². The van der Waals surface area contributed by atoms with Gasteiger partial charge in [-0.05, 0) is 48.7 Å². The Morgan fingerprint density at radius 2 is 1.97 bits per heavy atom. The van der Waals surface area contributed by atoms with Gasteiger partial charge in [-0.2, -0.15) is 0 Å². The van der Waals surface area contributed by atoms with E-state index in [4.69, 9.17) is 23.2 Å². The fourth-order valence-corrected chi connectivity index (χ4v) is 5.67. The molecule has 2 aromatic rings. The zero-order chi connectivity index (χ0) is 25.8. The number of hydrogen-bond acceptors (Lipinski definition) is 6. The minimum absolute atomic E-state index is 0.118. The van der Waals surface area contributed by atoms with Gasteiger partial charge in [0, 0.05) is 32.4 Å². The smallest absolute Gasteiger partial charge is 0.235 e. The lowest BCUT2D eigenvalue weighted by Crippen LogP contribution is -2.39. The number of aliphatic hydroxyl groups excluding tert-OH is 2. The summed E-state index contributed by atoms with van der Waals surface area (Å²) in [5.74, 6) is -0.567. The molecule has 0 bridgehead atoms. The maximum Gasteiger partial charge on any atom is 0.235 e. The van der Waals surface area contributed by atoms with E-state index in [-0.39, 0.29) is 12.3 Å². The highest BCUT2D eigenvalue weighted by atomic mass is 35.5. The lowest BCUT2D eigenvalue weighted by atomic mass is 10.0. The zero-order valence-corrected chi connectivity index (χ0v) is 22.0. The van der Waals surface area contributed by atoms with Gasteiger partial charge in [0.1, 0.15) is 0 Å². The SMILES string of the molecule is CC(O)CS(=O)(=O)Nc1cccc(C(CN2CCC(O)C2)N(C)C(=O)Cc2ccc(Cl)c(Cl)c2)c1. The molecular weight excluding hydrogens is 513 g/mol. The first-order valence-electron chi connectivity index (χ1n) is 11.3. The summed E-state index contributed by atoms with van der Waals surface area (Å²) in [7, 11) is -2.03. The molecule has 1 amide bonds. The van der Waals surface area contributed by atoms with Crippen molar-refractivity contribution < 1.29 is 23.4 Å². The number of benzene rings is 2. The Bertz CT molecular complexity index is 1150. The van der Waals surface area contributed by atoms with Crippen LogP contribution in [0.5, 0.6) is 0 Å². The molecule has 1 fully saturated rings. The summed E-state index contributed by atoms with van der Waals surface area (Å²) >= 11 is 12.1. The van der Waals surface area contributed by atoms with Crippen molar-refractivity contribution in [3.8, 4) is 0 Å². The molecular formula is C24H31Cl2N3O5S. The Morgan fingerprint density at radius 3 is 2.60 bits per heavy atom. The second-order valence-corrected chi connectivity index (χ2v) is 11.6. The Kier molecular flexibility index (Phi) is 9.42. The molecule has 11 heteroatoms. The van der Waals surface area contributed by atoms with Crippen molar-refractivity contribution in [1.82, 2.24) is 9.80 Å². The first kappa shape index (κ1) is 27.7. The molecule has 0 radical (unpaired) electrons. The summed E-state index contributed by atoms with van der Waals surface area (Å²) in [6, 6.07) is 11.6. The maximum absolute atomic E-state index is 13.2. The quantitative estimate of drug-likeness (QED) is 0.425. The minimum atomic E-state index is -3.74. The highest BCUT2D eigenvalue weighted by Gasteiger charge is 2.28. The molecule has 1 aliphatic rings. The number of nitrogens with one attached hydrogen (secondary N) is 1. The van der Waals surface area contributed by atoms with Crippen molar-refractivity contribution in [3.63, 3.8) is 0 Å². The topological polar surface area (TPSA) is 110 Å². The monoisotopic (exact) mass is 543 g/mol. The molecule has 8 nitrogen and oxygen atoms in total. The van der Waals surface area contributed by atoms with E-state index in [0.717, 1.165) is 11.1 Å². The average molecular weight is 545 g/mol. The third-order valence-electron chi connectivity index (χ3n) is 5.88. The number of amides is 1. The van der Waals surface area contributed by atoms with Crippen LogP contribution in [-0.2, 0) is 21.2 Å². The van der Waals surface area contributed by atoms with Gasteiger partial charge in [-0.3, -0.25) is 14.4 Å². The molecule has 0 saturated carbocycles. The van der Waals surface area contributed by atoms with Crippen molar-refractivity contribution in [2.24, 2.45) is 0 Å². The Hall–Kier alpha value is -1.88. The summed E-state index contributed by atoms with van der Waals surface area (Å²) in [6.07, 6.45) is -0.637. The fourth-order valence-electron chi connectivity index (χ4n) is 4.15. The predicted octanol–water partition coefficient (Wildman–Crippen LogP) is 2.92. The summed E-state index contributed by atoms with van der Waals surface area (Å²) in [6.45, 7) is 3.09. The van der Waals surface area contributed by atoms with Crippen LogP contribution in [-0.4, -0.2) is 79.0 Å². The van der Waals surface area contributed by atoms with E-state index in [0.29, 0.717) is 41.8 Å². The average Bonchev–Trinajstić information content (AvgIpc) is 3.17. The molecule has 35 heavy (non-hydrogen) atoms. The van der Waals surface area contributed by atoms with Crippen LogP contribution >= 0.6 is 23.2 Å². The molecule has 3 N–H and O–H groups in total. The van der Waals surface area contributed by atoms with E-state index >= 15 is 0 Å². The zero-order valence-electron chi connectivity index (χ0n) is 19.7. The van der Waals surface area contributed by atoms with Gasteiger partial charge in [-0.15, -0.1) is 0 Å². The molecule has 3 unspecified atom stereocenters. The molecule has 3 rings (SSSR count). The number of halogens is 2. The van der Waals surface area contributed by atoms with Crippen molar-refractivity contribution in [2.75, 3.05) is 37.2 Å². The summed E-state index contributed by atoms with van der Waals surface area (Å²) < 4.78 is 27.1. The largest absolute Gasteiger partial charge is 0.392 e. The van der Waals surface area contributed by atoms with Crippen LogP contribution in [0.15, 0.2) is 42.5 Å². The lowest BCUT2D eigenvalue weighted by Gasteiger charge is -2.32. The van der Waals surface area contributed by atoms with Crippen molar-refractivity contribution in [1.29, 1.82) is 0 Å². The number of nitrogens with zero attached hydrogens (tertiary/aromatic N) is 2. The van der Waals surface area contributed by atoms with Gasteiger partial charge < -0.3 is 15.1 Å². The van der Waals surface area contributed by atoms with E-state index in [2.05, 4.69) is 9.62 Å². The van der Waals surface area contributed by atoms with Crippen molar-refractivity contribution in [3.05, 3.63) is 63.6 Å². The molecule has 3 atom stereocenters. The standard InChI is InChI=1S/C24H31Cl2N3O5S/c1-16(30)15-35(33,34)27-19-5-3-4-18(12-19)23(14-29-9-8-20(31)13-29)28(2)24(32)11-17-6-7-21(25)22(26)10-17/h3-7,10,12,16,20,23,27,30-31H,8-9,11,13-15H2,1-2H3. The van der Waals surface area contributed by atoms with Gasteiger partial charge in [0.05, 0.1) is 40.5 Å². The van der Waals surface area contributed by atoms with Crippen LogP contribution in [0.2, 0.25) is 10.0 Å². The predicted molar refractivity (Wildman–Crippen MR) is 138 cm³/mol. The molecule has 192 valence electrons. The molecule has 0 aromatic heterocycles. The summed E-state index contributed by atoms with van der Waals surface area (Å²) in [5.41, 5.74) is 1.82. The van der Waals surface area contributed by atoms with Crippen LogP contribution < -0.4 is 4.72 Å². The highest BCUT2D eigenvalue weighted by Crippen LogP contribution is 2.28. The molecule has 1 heterocycles. The molecule has 0 aliphatic carbocycles. The molecule has 0 spiro atoms. The summed E-state index contributed by atoms with van der Waals surface area (Å²) in [4.78, 5) is 17.0. The normalized spacial score (nSPS) is 18.3. The van der Waals surface area contributed by atoms with E-state index in [1.165, 1.54) is 6.92 Å². The van der Waals surface area contributed by atoms with Gasteiger partial charge in [0.25, 0.3) is 0 Å². The first-order chi connectivity index (χ1) is 16.4. The minimum Gasteiger partial charge on any atom is -0.392 e. The lowest BCUT2D eigenvalue weighted by molar-refractivity contribution is -0.131. The second kappa shape index (κ2) is 11.9. The Labute approximate surface area is 216 Å².